The maximum atomic E-state index is 11.1. The quantitative estimate of drug-likeness (QED) is 0.689. The van der Waals surface area contributed by atoms with Crippen LogP contribution in [0.4, 0.5) is 0 Å². The second-order valence-corrected chi connectivity index (χ2v) is 7.41. The lowest BCUT2D eigenvalue weighted by Gasteiger charge is -2.29. The minimum atomic E-state index is 0.304. The molecule has 1 aliphatic heterocycles. The second-order valence-electron chi connectivity index (χ2n) is 6.12. The summed E-state index contributed by atoms with van der Waals surface area (Å²) in [5.74, 6) is 1.38. The molecule has 0 saturated carbocycles. The van der Waals surface area contributed by atoms with Gasteiger partial charge in [0, 0.05) is 30.1 Å². The molecule has 0 N–H and O–H groups in total. The van der Waals surface area contributed by atoms with Gasteiger partial charge in [-0.3, -0.25) is 4.79 Å². The topological polar surface area (TPSA) is 37.6 Å². The van der Waals surface area contributed by atoms with Crippen molar-refractivity contribution in [1.29, 1.82) is 0 Å². The van der Waals surface area contributed by atoms with Gasteiger partial charge >= 0.3 is 0 Å². The van der Waals surface area contributed by atoms with Gasteiger partial charge in [0.1, 0.15) is 11.5 Å². The minimum Gasteiger partial charge on any atom is -0.345 e. The van der Waals surface area contributed by atoms with E-state index < -0.39 is 0 Å². The molecule has 0 bridgehead atoms. The number of amides is 1. The van der Waals surface area contributed by atoms with E-state index in [0.717, 1.165) is 49.4 Å². The molecule has 23 heavy (non-hydrogen) atoms. The van der Waals surface area contributed by atoms with E-state index in [2.05, 4.69) is 41.8 Å². The Balaban J connectivity index is 1.82. The molecule has 4 rings (SSSR count). The van der Waals surface area contributed by atoms with Gasteiger partial charge in [0.15, 0.2) is 0 Å². The Hall–Kier alpha value is -2.14. The molecule has 3 aromatic rings. The van der Waals surface area contributed by atoms with Crippen LogP contribution in [0.3, 0.4) is 0 Å². The van der Waals surface area contributed by atoms with E-state index in [4.69, 9.17) is 4.98 Å². The van der Waals surface area contributed by atoms with Crippen molar-refractivity contribution >= 4 is 23.3 Å². The number of nitrogens with zero attached hydrogens (tertiary/aromatic N) is 3. The van der Waals surface area contributed by atoms with Crippen LogP contribution in [0.15, 0.2) is 36.5 Å². The molecule has 4 heterocycles. The molecule has 118 valence electrons. The van der Waals surface area contributed by atoms with Gasteiger partial charge in [0.25, 0.3) is 0 Å². The highest BCUT2D eigenvalue weighted by molar-refractivity contribution is 7.15. The summed E-state index contributed by atoms with van der Waals surface area (Å²) in [6.45, 7) is 3.75. The number of carbonyl (C=O) groups excluding carboxylic acids is 1. The number of hydrogen-bond donors (Lipinski definition) is 0. The molecule has 5 heteroatoms. The highest BCUT2D eigenvalue weighted by atomic mass is 32.1. The maximum Gasteiger partial charge on any atom is 0.209 e. The summed E-state index contributed by atoms with van der Waals surface area (Å²) >= 11 is 1.78. The molecule has 0 radical (unpaired) electrons. The molecule has 0 aromatic carbocycles. The fraction of sp³-hybridized carbons (Fsp3) is 0.333. The first-order valence-corrected chi connectivity index (χ1v) is 8.81. The van der Waals surface area contributed by atoms with Crippen molar-refractivity contribution < 1.29 is 4.79 Å². The van der Waals surface area contributed by atoms with Crippen LogP contribution in [0.1, 0.15) is 29.5 Å². The maximum absolute atomic E-state index is 11.1. The first-order valence-electron chi connectivity index (χ1n) is 7.99. The standard InChI is InChI=1S/C18H19N3OS/c1-13-7-8-16(23-13)17-15-6-2-3-10-21(15)18(19-17)14-5-4-9-20(11-14)12-22/h2-3,6-8,10,12,14H,4-5,9,11H2,1H3. The third-order valence-electron chi connectivity index (χ3n) is 4.52. The Kier molecular flexibility index (Phi) is 3.65. The smallest absolute Gasteiger partial charge is 0.209 e. The molecular weight excluding hydrogens is 306 g/mol. The number of hydrogen-bond acceptors (Lipinski definition) is 3. The van der Waals surface area contributed by atoms with Crippen molar-refractivity contribution in [2.24, 2.45) is 0 Å². The van der Waals surface area contributed by atoms with E-state index in [0.29, 0.717) is 5.92 Å². The van der Waals surface area contributed by atoms with Crippen LogP contribution in [-0.4, -0.2) is 33.8 Å². The van der Waals surface area contributed by atoms with Gasteiger partial charge < -0.3 is 9.30 Å². The van der Waals surface area contributed by atoms with Gasteiger partial charge in [-0.2, -0.15) is 0 Å². The Morgan fingerprint density at radius 1 is 1.30 bits per heavy atom. The van der Waals surface area contributed by atoms with Crippen molar-refractivity contribution in [3.05, 3.63) is 47.2 Å². The molecule has 1 aliphatic rings. The lowest BCUT2D eigenvalue weighted by atomic mass is 9.98. The van der Waals surface area contributed by atoms with Crippen LogP contribution in [0.2, 0.25) is 0 Å². The van der Waals surface area contributed by atoms with Crippen LogP contribution in [0, 0.1) is 6.92 Å². The van der Waals surface area contributed by atoms with Gasteiger partial charge in [-0.15, -0.1) is 11.3 Å². The minimum absolute atomic E-state index is 0.304. The monoisotopic (exact) mass is 325 g/mol. The number of fused-ring (bicyclic) bond motifs is 1. The number of piperidine rings is 1. The summed E-state index contributed by atoms with van der Waals surface area (Å²) < 4.78 is 2.20. The molecule has 1 amide bonds. The summed E-state index contributed by atoms with van der Waals surface area (Å²) in [4.78, 5) is 20.5. The summed E-state index contributed by atoms with van der Waals surface area (Å²) in [7, 11) is 0. The molecule has 0 spiro atoms. The first kappa shape index (κ1) is 14.5. The highest BCUT2D eigenvalue weighted by Crippen LogP contribution is 2.34. The summed E-state index contributed by atoms with van der Waals surface area (Å²) in [6, 6.07) is 10.5. The molecule has 0 aliphatic carbocycles. The third kappa shape index (κ3) is 2.55. The van der Waals surface area contributed by atoms with Gasteiger partial charge in [-0.25, -0.2) is 4.98 Å². The Bertz CT molecular complexity index is 851. The molecule has 4 nitrogen and oxygen atoms in total. The summed E-state index contributed by atoms with van der Waals surface area (Å²) in [5.41, 5.74) is 2.20. The zero-order chi connectivity index (χ0) is 15.8. The first-order chi connectivity index (χ1) is 11.3. The predicted octanol–water partition coefficient (Wildman–Crippen LogP) is 3.71. The number of imidazole rings is 1. The largest absolute Gasteiger partial charge is 0.345 e. The van der Waals surface area contributed by atoms with Crippen LogP contribution < -0.4 is 0 Å². The number of thiophene rings is 1. The molecule has 1 saturated heterocycles. The zero-order valence-corrected chi connectivity index (χ0v) is 13.9. The number of likely N-dealkylation sites (tertiary alicyclic amines) is 1. The van der Waals surface area contributed by atoms with Crippen LogP contribution in [-0.2, 0) is 4.79 Å². The van der Waals surface area contributed by atoms with Gasteiger partial charge in [0.2, 0.25) is 6.41 Å². The Labute approximate surface area is 139 Å². The Morgan fingerprint density at radius 2 is 2.22 bits per heavy atom. The number of carbonyl (C=O) groups is 1. The van der Waals surface area contributed by atoms with E-state index >= 15 is 0 Å². The second kappa shape index (κ2) is 5.81. The zero-order valence-electron chi connectivity index (χ0n) is 13.1. The van der Waals surface area contributed by atoms with E-state index in [1.165, 1.54) is 9.75 Å². The van der Waals surface area contributed by atoms with Crippen LogP contribution in [0.5, 0.6) is 0 Å². The number of pyridine rings is 1. The lowest BCUT2D eigenvalue weighted by molar-refractivity contribution is -0.119. The van der Waals surface area contributed by atoms with Gasteiger partial charge in [0.05, 0.1) is 10.4 Å². The molecule has 1 atom stereocenters. The van der Waals surface area contributed by atoms with E-state index in [9.17, 15) is 4.79 Å². The normalized spacial score (nSPS) is 18.5. The summed E-state index contributed by atoms with van der Waals surface area (Å²) in [5, 5.41) is 0. The molecule has 3 aromatic heterocycles. The van der Waals surface area contributed by atoms with Crippen LogP contribution >= 0.6 is 11.3 Å². The average Bonchev–Trinajstić information content (AvgIpc) is 3.18. The van der Waals surface area contributed by atoms with E-state index in [1.807, 2.05) is 11.0 Å². The molecular formula is C18H19N3OS. The average molecular weight is 325 g/mol. The predicted molar refractivity (Wildman–Crippen MR) is 92.9 cm³/mol. The van der Waals surface area contributed by atoms with Crippen molar-refractivity contribution in [2.45, 2.75) is 25.7 Å². The van der Waals surface area contributed by atoms with Gasteiger partial charge in [-0.1, -0.05) is 6.07 Å². The molecule has 1 unspecified atom stereocenters. The van der Waals surface area contributed by atoms with Gasteiger partial charge in [-0.05, 0) is 44.0 Å². The number of aryl methyl sites for hydroxylation is 1. The fourth-order valence-electron chi connectivity index (χ4n) is 3.41. The van der Waals surface area contributed by atoms with Crippen molar-refractivity contribution in [3.8, 4) is 10.6 Å². The van der Waals surface area contributed by atoms with Crippen molar-refractivity contribution in [2.75, 3.05) is 13.1 Å². The summed E-state index contributed by atoms with van der Waals surface area (Å²) in [6.07, 6.45) is 5.17. The van der Waals surface area contributed by atoms with Crippen LogP contribution in [0.25, 0.3) is 16.1 Å². The van der Waals surface area contributed by atoms with E-state index in [-0.39, 0.29) is 0 Å². The SMILES string of the molecule is Cc1ccc(-c2nc(C3CCCN(C=O)C3)n3ccccc23)s1. The van der Waals surface area contributed by atoms with E-state index in [1.54, 1.807) is 11.3 Å². The highest BCUT2D eigenvalue weighted by Gasteiger charge is 2.25. The van der Waals surface area contributed by atoms with Crippen molar-refractivity contribution in [3.63, 3.8) is 0 Å². The van der Waals surface area contributed by atoms with Crippen molar-refractivity contribution in [1.82, 2.24) is 14.3 Å². The fourth-order valence-corrected chi connectivity index (χ4v) is 4.27. The number of aromatic nitrogens is 2. The molecule has 1 fully saturated rings. The lowest BCUT2D eigenvalue weighted by Crippen LogP contribution is -2.33. The number of rotatable bonds is 3. The third-order valence-corrected chi connectivity index (χ3v) is 5.52. The Morgan fingerprint density at radius 3 is 3.00 bits per heavy atom.